The molecule has 4 rings (SSSR count). The Balaban J connectivity index is 1.81. The predicted molar refractivity (Wildman–Crippen MR) is 115 cm³/mol. The van der Waals surface area contributed by atoms with Crippen molar-refractivity contribution in [3.05, 3.63) is 70.2 Å². The summed E-state index contributed by atoms with van der Waals surface area (Å²) in [6, 6.07) is 8.30. The molecule has 1 aromatic heterocycles. The van der Waals surface area contributed by atoms with Crippen molar-refractivity contribution >= 4 is 11.6 Å². The highest BCUT2D eigenvalue weighted by Gasteiger charge is 2.49. The SMILES string of the molecule is [C-]#[N+]C1=C[C@]2(C)c3nc(C)n(-c4cccc(CCC(C)=O)c4)c3CC[C@H]2[C@H](C)C1=O. The molecule has 0 unspecified atom stereocenters. The maximum Gasteiger partial charge on any atom is 0.226 e. The fraction of sp³-hybridized carbons (Fsp3) is 0.440. The molecular weight excluding hydrogens is 374 g/mol. The van der Waals surface area contributed by atoms with E-state index < -0.39 is 5.41 Å². The first kappa shape index (κ1) is 20.3. The molecule has 2 aliphatic rings. The molecule has 0 saturated heterocycles. The van der Waals surface area contributed by atoms with Crippen LogP contribution in [-0.2, 0) is 27.8 Å². The average molecular weight is 402 g/mol. The van der Waals surface area contributed by atoms with Gasteiger partial charge in [-0.1, -0.05) is 32.1 Å². The fourth-order valence-corrected chi connectivity index (χ4v) is 5.32. The maximum absolute atomic E-state index is 12.6. The molecule has 0 saturated carbocycles. The second-order valence-electron chi connectivity index (χ2n) is 8.88. The van der Waals surface area contributed by atoms with Crippen molar-refractivity contribution in [1.29, 1.82) is 0 Å². The summed E-state index contributed by atoms with van der Waals surface area (Å²) in [5.74, 6) is 1.06. The van der Waals surface area contributed by atoms with Crippen LogP contribution in [0.25, 0.3) is 10.5 Å². The number of aryl methyl sites for hydroxylation is 2. The monoisotopic (exact) mass is 401 g/mol. The van der Waals surface area contributed by atoms with Gasteiger partial charge in [0.05, 0.1) is 12.3 Å². The van der Waals surface area contributed by atoms with Gasteiger partial charge in [0.15, 0.2) is 5.78 Å². The van der Waals surface area contributed by atoms with E-state index in [4.69, 9.17) is 11.6 Å². The highest BCUT2D eigenvalue weighted by molar-refractivity contribution is 6.00. The van der Waals surface area contributed by atoms with E-state index in [2.05, 4.69) is 34.5 Å². The van der Waals surface area contributed by atoms with E-state index >= 15 is 0 Å². The zero-order valence-corrected chi connectivity index (χ0v) is 18.0. The van der Waals surface area contributed by atoms with E-state index in [0.29, 0.717) is 6.42 Å². The third-order valence-corrected chi connectivity index (χ3v) is 6.87. The van der Waals surface area contributed by atoms with Crippen LogP contribution in [0.1, 0.15) is 56.4 Å². The summed E-state index contributed by atoms with van der Waals surface area (Å²) in [7, 11) is 0. The molecule has 2 aliphatic carbocycles. The second kappa shape index (κ2) is 7.36. The fourth-order valence-electron chi connectivity index (χ4n) is 5.32. The van der Waals surface area contributed by atoms with Gasteiger partial charge in [0.2, 0.25) is 5.70 Å². The van der Waals surface area contributed by atoms with E-state index in [1.807, 2.05) is 26.0 Å². The molecule has 5 nitrogen and oxygen atoms in total. The van der Waals surface area contributed by atoms with Crippen molar-refractivity contribution in [2.45, 2.75) is 58.8 Å². The minimum absolute atomic E-state index is 0.0368. The van der Waals surface area contributed by atoms with Crippen molar-refractivity contribution in [1.82, 2.24) is 9.55 Å². The molecule has 0 N–H and O–H groups in total. The van der Waals surface area contributed by atoms with Crippen molar-refractivity contribution in [3.63, 3.8) is 0 Å². The molecule has 154 valence electrons. The molecule has 0 radical (unpaired) electrons. The van der Waals surface area contributed by atoms with E-state index in [1.165, 1.54) is 0 Å². The van der Waals surface area contributed by atoms with E-state index in [9.17, 15) is 9.59 Å². The number of aromatic nitrogens is 2. The number of carbonyl (C=O) groups is 2. The van der Waals surface area contributed by atoms with Crippen molar-refractivity contribution in [2.24, 2.45) is 11.8 Å². The Morgan fingerprint density at radius 1 is 1.40 bits per heavy atom. The summed E-state index contributed by atoms with van der Waals surface area (Å²) < 4.78 is 2.21. The minimum atomic E-state index is -0.414. The number of carbonyl (C=O) groups excluding carboxylic acids is 2. The lowest BCUT2D eigenvalue weighted by Crippen LogP contribution is -2.45. The number of fused-ring (bicyclic) bond motifs is 3. The number of rotatable bonds is 4. The van der Waals surface area contributed by atoms with Crippen LogP contribution in [0, 0.1) is 25.3 Å². The first-order valence-corrected chi connectivity index (χ1v) is 10.6. The lowest BCUT2D eigenvalue weighted by molar-refractivity contribution is -0.121. The summed E-state index contributed by atoms with van der Waals surface area (Å²) in [6.45, 7) is 15.2. The van der Waals surface area contributed by atoms with Crippen LogP contribution in [-0.4, -0.2) is 21.1 Å². The van der Waals surface area contributed by atoms with Gasteiger partial charge in [0.25, 0.3) is 0 Å². The van der Waals surface area contributed by atoms with Gasteiger partial charge in [-0.05, 0) is 56.7 Å². The number of nitrogens with zero attached hydrogens (tertiary/aromatic N) is 3. The number of ketones is 2. The van der Waals surface area contributed by atoms with E-state index in [0.717, 1.165) is 47.7 Å². The molecule has 1 heterocycles. The number of benzene rings is 1. The first-order valence-electron chi connectivity index (χ1n) is 10.6. The summed E-state index contributed by atoms with van der Waals surface area (Å²) in [4.78, 5) is 32.4. The Kier molecular flexibility index (Phi) is 4.97. The Morgan fingerprint density at radius 2 is 2.17 bits per heavy atom. The molecule has 0 bridgehead atoms. The van der Waals surface area contributed by atoms with Crippen LogP contribution in [0.15, 0.2) is 36.0 Å². The lowest BCUT2D eigenvalue weighted by Gasteiger charge is -2.44. The third-order valence-electron chi connectivity index (χ3n) is 6.87. The molecule has 0 spiro atoms. The minimum Gasteiger partial charge on any atom is -0.308 e. The Hall–Kier alpha value is -3.00. The molecular formula is C25H27N3O2. The first-order chi connectivity index (χ1) is 14.3. The third kappa shape index (κ3) is 3.11. The number of hydrogen-bond donors (Lipinski definition) is 0. The molecule has 3 atom stereocenters. The van der Waals surface area contributed by atoms with Crippen LogP contribution in [0.2, 0.25) is 0 Å². The Labute approximate surface area is 177 Å². The molecule has 1 aromatic carbocycles. The normalized spacial score (nSPS) is 25.2. The zero-order chi connectivity index (χ0) is 21.6. The van der Waals surface area contributed by atoms with Crippen LogP contribution < -0.4 is 0 Å². The maximum atomic E-state index is 12.6. The Morgan fingerprint density at radius 3 is 2.87 bits per heavy atom. The smallest absolute Gasteiger partial charge is 0.226 e. The van der Waals surface area contributed by atoms with Gasteiger partial charge in [0, 0.05) is 29.1 Å². The zero-order valence-electron chi connectivity index (χ0n) is 18.0. The molecule has 0 fully saturated rings. The van der Waals surface area contributed by atoms with Crippen molar-refractivity contribution in [3.8, 4) is 5.69 Å². The van der Waals surface area contributed by atoms with Gasteiger partial charge in [-0.15, -0.1) is 0 Å². The van der Waals surface area contributed by atoms with Gasteiger partial charge >= 0.3 is 0 Å². The highest BCUT2D eigenvalue weighted by Crippen LogP contribution is 2.50. The number of Topliss-reactive ketones (excluding diaryl/α,β-unsaturated/α-hetero) is 2. The van der Waals surface area contributed by atoms with E-state index in [-0.39, 0.29) is 29.1 Å². The van der Waals surface area contributed by atoms with Crippen LogP contribution in [0.3, 0.4) is 0 Å². The van der Waals surface area contributed by atoms with Crippen molar-refractivity contribution < 1.29 is 9.59 Å². The van der Waals surface area contributed by atoms with Gasteiger partial charge in [-0.2, -0.15) is 0 Å². The molecule has 0 amide bonds. The van der Waals surface area contributed by atoms with Crippen molar-refractivity contribution in [2.75, 3.05) is 0 Å². The lowest BCUT2D eigenvalue weighted by atomic mass is 9.59. The average Bonchev–Trinajstić information content (AvgIpc) is 3.06. The predicted octanol–water partition coefficient (Wildman–Crippen LogP) is 4.54. The second-order valence-corrected chi connectivity index (χ2v) is 8.88. The molecule has 5 heteroatoms. The largest absolute Gasteiger partial charge is 0.308 e. The van der Waals surface area contributed by atoms with Crippen LogP contribution >= 0.6 is 0 Å². The van der Waals surface area contributed by atoms with Crippen LogP contribution in [0.4, 0.5) is 0 Å². The molecule has 0 aliphatic heterocycles. The van der Waals surface area contributed by atoms with Crippen LogP contribution in [0.5, 0.6) is 0 Å². The Bertz CT molecular complexity index is 1120. The quantitative estimate of drug-likeness (QED) is 0.707. The summed E-state index contributed by atoms with van der Waals surface area (Å²) in [5.41, 5.74) is 4.17. The molecule has 2 aromatic rings. The highest BCUT2D eigenvalue weighted by atomic mass is 16.1. The number of hydrogen-bond acceptors (Lipinski definition) is 3. The summed E-state index contributed by atoms with van der Waals surface area (Å²) in [6.07, 6.45) is 4.89. The van der Waals surface area contributed by atoms with Gasteiger partial charge in [0.1, 0.15) is 11.6 Å². The van der Waals surface area contributed by atoms with E-state index in [1.54, 1.807) is 6.92 Å². The van der Waals surface area contributed by atoms with Gasteiger partial charge < -0.3 is 14.2 Å². The molecule has 30 heavy (non-hydrogen) atoms. The number of allylic oxidation sites excluding steroid dienone is 2. The summed E-state index contributed by atoms with van der Waals surface area (Å²) in [5, 5.41) is 0. The number of imidazole rings is 1. The standard InChI is InChI=1S/C25H27N3O2/c1-15(29)9-10-18-7-6-8-19(13-18)28-17(3)27-24-22(28)12-11-20-16(2)23(30)21(26-5)14-25(20,24)4/h6-8,13-14,16,20H,9-12H2,1-4H3/t16-,20-,25-/m0/s1. The topological polar surface area (TPSA) is 56.3 Å². The summed E-state index contributed by atoms with van der Waals surface area (Å²) >= 11 is 0. The van der Waals surface area contributed by atoms with Gasteiger partial charge in [-0.3, -0.25) is 0 Å². The van der Waals surface area contributed by atoms with Gasteiger partial charge in [-0.25, -0.2) is 9.83 Å².